The minimum Gasteiger partial charge on any atom is -0.504 e. The Morgan fingerprint density at radius 2 is 2.33 bits per heavy atom. The molecule has 3 nitrogen and oxygen atoms in total. The molecule has 0 fully saturated rings. The molecule has 0 aliphatic carbocycles. The van der Waals surface area contributed by atoms with Crippen LogP contribution in [0.5, 0.6) is 17.2 Å². The number of phenols is 1. The zero-order valence-corrected chi connectivity index (χ0v) is 8.95. The Labute approximate surface area is 89.6 Å². The number of phenolic OH excluding ortho intramolecular Hbond substituents is 1. The lowest BCUT2D eigenvalue weighted by Gasteiger charge is -2.09. The van der Waals surface area contributed by atoms with Crippen LogP contribution in [0, 0.1) is 0 Å². The Hall–Kier alpha value is -1.38. The first-order valence-corrected chi connectivity index (χ1v) is 5.42. The molecular formula is C12H16O3. The normalized spacial score (nSPS) is 13.4. The molecule has 1 aliphatic heterocycles. The highest BCUT2D eigenvalue weighted by Crippen LogP contribution is 2.36. The second-order valence-electron chi connectivity index (χ2n) is 3.73. The van der Waals surface area contributed by atoms with Crippen LogP contribution in [0.2, 0.25) is 0 Å². The maximum absolute atomic E-state index is 9.69. The minimum atomic E-state index is 0.218. The van der Waals surface area contributed by atoms with Crippen LogP contribution in [0.15, 0.2) is 12.1 Å². The molecule has 15 heavy (non-hydrogen) atoms. The Morgan fingerprint density at radius 1 is 1.47 bits per heavy atom. The van der Waals surface area contributed by atoms with Gasteiger partial charge >= 0.3 is 0 Å². The van der Waals surface area contributed by atoms with E-state index in [1.165, 1.54) is 0 Å². The number of ether oxygens (including phenoxy) is 2. The smallest absolute Gasteiger partial charge is 0.164 e. The third-order valence-electron chi connectivity index (χ3n) is 2.53. The van der Waals surface area contributed by atoms with E-state index in [2.05, 4.69) is 6.92 Å². The quantitative estimate of drug-likeness (QED) is 0.773. The third kappa shape index (κ3) is 2.17. The molecule has 1 aromatic rings. The summed E-state index contributed by atoms with van der Waals surface area (Å²) in [6.45, 7) is 3.45. The summed E-state index contributed by atoms with van der Waals surface area (Å²) < 4.78 is 10.9. The van der Waals surface area contributed by atoms with Gasteiger partial charge in [-0.25, -0.2) is 0 Å². The fourth-order valence-electron chi connectivity index (χ4n) is 1.64. The molecule has 0 aromatic heterocycles. The molecule has 3 heteroatoms. The van der Waals surface area contributed by atoms with E-state index in [0.29, 0.717) is 19.0 Å². The Bertz CT molecular complexity index is 347. The highest BCUT2D eigenvalue weighted by Gasteiger charge is 2.16. The van der Waals surface area contributed by atoms with Gasteiger partial charge in [0, 0.05) is 18.1 Å². The van der Waals surface area contributed by atoms with Crippen molar-refractivity contribution in [3.63, 3.8) is 0 Å². The van der Waals surface area contributed by atoms with Gasteiger partial charge in [0.25, 0.3) is 0 Å². The molecule has 1 heterocycles. The molecule has 0 unspecified atom stereocenters. The molecule has 0 saturated carbocycles. The Balaban J connectivity index is 2.10. The molecule has 2 rings (SSSR count). The van der Waals surface area contributed by atoms with Crippen LogP contribution in [0.25, 0.3) is 0 Å². The van der Waals surface area contributed by atoms with Crippen LogP contribution >= 0.6 is 0 Å². The van der Waals surface area contributed by atoms with Crippen molar-refractivity contribution in [2.24, 2.45) is 0 Å². The summed E-state index contributed by atoms with van der Waals surface area (Å²) in [6.07, 6.45) is 2.96. The second-order valence-corrected chi connectivity index (χ2v) is 3.73. The van der Waals surface area contributed by atoms with Gasteiger partial charge in [-0.2, -0.15) is 0 Å². The summed E-state index contributed by atoms with van der Waals surface area (Å²) in [4.78, 5) is 0. The summed E-state index contributed by atoms with van der Waals surface area (Å²) in [5.74, 6) is 1.60. The predicted octanol–water partition coefficient (Wildman–Crippen LogP) is 2.51. The van der Waals surface area contributed by atoms with Gasteiger partial charge in [-0.15, -0.1) is 0 Å². The maximum Gasteiger partial charge on any atom is 0.164 e. The summed E-state index contributed by atoms with van der Waals surface area (Å²) in [5.41, 5.74) is 1.07. The van der Waals surface area contributed by atoms with Crippen molar-refractivity contribution in [2.75, 3.05) is 13.2 Å². The fraction of sp³-hybridized carbons (Fsp3) is 0.500. The Kier molecular flexibility index (Phi) is 2.99. The molecule has 1 N–H and O–H groups in total. The van der Waals surface area contributed by atoms with Crippen molar-refractivity contribution in [3.8, 4) is 17.2 Å². The van der Waals surface area contributed by atoms with Crippen molar-refractivity contribution in [1.29, 1.82) is 0 Å². The van der Waals surface area contributed by atoms with E-state index in [-0.39, 0.29) is 5.75 Å². The first-order chi connectivity index (χ1) is 7.31. The second kappa shape index (κ2) is 4.43. The van der Waals surface area contributed by atoms with Crippen molar-refractivity contribution < 1.29 is 14.6 Å². The molecule has 82 valence electrons. The van der Waals surface area contributed by atoms with Crippen LogP contribution in [-0.2, 0) is 6.42 Å². The standard InChI is InChI=1S/C12H16O3/c1-2-3-5-14-12-8-11-9(4-6-15-11)7-10(12)13/h7-8,13H,2-6H2,1H3. The largest absolute Gasteiger partial charge is 0.504 e. The average molecular weight is 208 g/mol. The molecular weight excluding hydrogens is 192 g/mol. The fourth-order valence-corrected chi connectivity index (χ4v) is 1.64. The van der Waals surface area contributed by atoms with Crippen molar-refractivity contribution in [2.45, 2.75) is 26.2 Å². The lowest BCUT2D eigenvalue weighted by atomic mass is 10.1. The molecule has 0 spiro atoms. The third-order valence-corrected chi connectivity index (χ3v) is 2.53. The number of rotatable bonds is 4. The van der Waals surface area contributed by atoms with E-state index in [9.17, 15) is 5.11 Å². The van der Waals surface area contributed by atoms with E-state index in [1.807, 2.05) is 0 Å². The van der Waals surface area contributed by atoms with Crippen LogP contribution in [-0.4, -0.2) is 18.3 Å². The van der Waals surface area contributed by atoms with Gasteiger partial charge in [0.15, 0.2) is 11.5 Å². The molecule has 0 saturated heterocycles. The van der Waals surface area contributed by atoms with Gasteiger partial charge in [-0.1, -0.05) is 13.3 Å². The van der Waals surface area contributed by atoms with Gasteiger partial charge < -0.3 is 14.6 Å². The average Bonchev–Trinajstić information content (AvgIpc) is 2.65. The van der Waals surface area contributed by atoms with E-state index < -0.39 is 0 Å². The highest BCUT2D eigenvalue weighted by atomic mass is 16.5. The van der Waals surface area contributed by atoms with Gasteiger partial charge in [0.2, 0.25) is 0 Å². The lowest BCUT2D eigenvalue weighted by Crippen LogP contribution is -1.97. The first kappa shape index (κ1) is 10.1. The van der Waals surface area contributed by atoms with Crippen molar-refractivity contribution >= 4 is 0 Å². The predicted molar refractivity (Wildman–Crippen MR) is 57.7 cm³/mol. The van der Waals surface area contributed by atoms with Crippen LogP contribution in [0.1, 0.15) is 25.3 Å². The van der Waals surface area contributed by atoms with E-state index >= 15 is 0 Å². The number of hydrogen-bond acceptors (Lipinski definition) is 3. The number of unbranched alkanes of at least 4 members (excludes halogenated alkanes) is 1. The van der Waals surface area contributed by atoms with Crippen molar-refractivity contribution in [3.05, 3.63) is 17.7 Å². The number of hydrogen-bond donors (Lipinski definition) is 1. The van der Waals surface area contributed by atoms with Gasteiger partial charge in [-0.05, 0) is 12.5 Å². The van der Waals surface area contributed by atoms with Gasteiger partial charge in [-0.3, -0.25) is 0 Å². The number of aromatic hydroxyl groups is 1. The first-order valence-electron chi connectivity index (χ1n) is 5.42. The SMILES string of the molecule is CCCCOc1cc2c(cc1O)CCO2. The molecule has 0 radical (unpaired) electrons. The monoisotopic (exact) mass is 208 g/mol. The van der Waals surface area contributed by atoms with Crippen molar-refractivity contribution in [1.82, 2.24) is 0 Å². The number of benzene rings is 1. The summed E-state index contributed by atoms with van der Waals surface area (Å²) in [5, 5.41) is 9.69. The maximum atomic E-state index is 9.69. The lowest BCUT2D eigenvalue weighted by molar-refractivity contribution is 0.290. The number of fused-ring (bicyclic) bond motifs is 1. The summed E-state index contributed by atoms with van der Waals surface area (Å²) in [7, 11) is 0. The molecule has 0 amide bonds. The van der Waals surface area contributed by atoms with Crippen LogP contribution < -0.4 is 9.47 Å². The zero-order valence-electron chi connectivity index (χ0n) is 8.95. The molecule has 0 bridgehead atoms. The van der Waals surface area contributed by atoms with E-state index in [0.717, 1.165) is 30.6 Å². The van der Waals surface area contributed by atoms with Crippen LogP contribution in [0.3, 0.4) is 0 Å². The van der Waals surface area contributed by atoms with Gasteiger partial charge in [0.1, 0.15) is 5.75 Å². The summed E-state index contributed by atoms with van der Waals surface area (Å²) in [6, 6.07) is 3.52. The Morgan fingerprint density at radius 3 is 3.13 bits per heavy atom. The molecule has 1 aliphatic rings. The van der Waals surface area contributed by atoms with E-state index in [1.54, 1.807) is 12.1 Å². The molecule has 0 atom stereocenters. The minimum absolute atomic E-state index is 0.218. The van der Waals surface area contributed by atoms with Gasteiger partial charge in [0.05, 0.1) is 13.2 Å². The van der Waals surface area contributed by atoms with Crippen LogP contribution in [0.4, 0.5) is 0 Å². The molecule has 1 aromatic carbocycles. The van der Waals surface area contributed by atoms with E-state index in [4.69, 9.17) is 9.47 Å². The summed E-state index contributed by atoms with van der Waals surface area (Å²) >= 11 is 0. The zero-order chi connectivity index (χ0) is 10.7. The topological polar surface area (TPSA) is 38.7 Å². The highest BCUT2D eigenvalue weighted by molar-refractivity contribution is 5.51.